The Bertz CT molecular complexity index is 1220. The monoisotopic (exact) mass is 423 g/mol. The van der Waals surface area contributed by atoms with Gasteiger partial charge in [-0.05, 0) is 49.6 Å². The topological polar surface area (TPSA) is 55.6 Å². The zero-order valence-corrected chi connectivity index (χ0v) is 18.7. The fourth-order valence-electron chi connectivity index (χ4n) is 3.77. The van der Waals surface area contributed by atoms with Crippen LogP contribution < -0.4 is 5.32 Å². The van der Waals surface area contributed by atoms with Crippen LogP contribution in [0.15, 0.2) is 91.0 Å². The van der Waals surface area contributed by atoms with Gasteiger partial charge in [0.05, 0.1) is 17.8 Å². The number of hydrogen-bond acceptors (Lipinski definition) is 4. The molecular formula is C27H29N5. The second-order valence-corrected chi connectivity index (χ2v) is 7.56. The van der Waals surface area contributed by atoms with Crippen LogP contribution >= 0.6 is 0 Å². The molecule has 162 valence electrons. The number of fused-ring (bicyclic) bond motifs is 1. The third-order valence-corrected chi connectivity index (χ3v) is 5.42. The summed E-state index contributed by atoms with van der Waals surface area (Å²) in [5.74, 6) is 0. The van der Waals surface area contributed by atoms with Gasteiger partial charge < -0.3 is 5.32 Å². The number of nitrogens with zero attached hydrogens (tertiary/aromatic N) is 4. The lowest BCUT2D eigenvalue weighted by atomic mass is 10.0. The Balaban J connectivity index is 1.64. The number of hydrogen-bond donors (Lipinski definition) is 1. The van der Waals surface area contributed by atoms with E-state index in [4.69, 9.17) is 5.10 Å². The van der Waals surface area contributed by atoms with Crippen LogP contribution in [0.25, 0.3) is 33.4 Å². The summed E-state index contributed by atoms with van der Waals surface area (Å²) in [6.07, 6.45) is 14.2. The van der Waals surface area contributed by atoms with Crippen molar-refractivity contribution in [3.63, 3.8) is 0 Å². The van der Waals surface area contributed by atoms with Gasteiger partial charge in [0.25, 0.3) is 0 Å². The van der Waals surface area contributed by atoms with Gasteiger partial charge in [-0.3, -0.25) is 14.6 Å². The van der Waals surface area contributed by atoms with Crippen molar-refractivity contribution in [2.75, 3.05) is 6.54 Å². The maximum absolute atomic E-state index is 4.92. The molecule has 0 spiro atoms. The molecule has 5 heteroatoms. The third kappa shape index (κ3) is 4.94. The van der Waals surface area contributed by atoms with Crippen LogP contribution in [-0.2, 0) is 6.54 Å². The summed E-state index contributed by atoms with van der Waals surface area (Å²) in [6, 6.07) is 16.2. The quantitative estimate of drug-likeness (QED) is 0.335. The van der Waals surface area contributed by atoms with Gasteiger partial charge in [-0.25, -0.2) is 0 Å². The van der Waals surface area contributed by atoms with Gasteiger partial charge >= 0.3 is 0 Å². The molecule has 0 aliphatic heterocycles. The SMILES string of the molecule is C/C=C\C/C=C(\CC)NCCn1cc(-c2ccnc3ccccc23)c(-c2ccccn2)n1. The van der Waals surface area contributed by atoms with Crippen LogP contribution in [0.5, 0.6) is 0 Å². The third-order valence-electron chi connectivity index (χ3n) is 5.42. The number of aromatic nitrogens is 4. The van der Waals surface area contributed by atoms with Gasteiger partial charge in [0.1, 0.15) is 5.69 Å². The first-order chi connectivity index (χ1) is 15.8. The summed E-state index contributed by atoms with van der Waals surface area (Å²) >= 11 is 0. The van der Waals surface area contributed by atoms with Crippen molar-refractivity contribution in [1.29, 1.82) is 0 Å². The van der Waals surface area contributed by atoms with Gasteiger partial charge in [0.2, 0.25) is 0 Å². The molecule has 0 bridgehead atoms. The van der Waals surface area contributed by atoms with E-state index in [9.17, 15) is 0 Å². The largest absolute Gasteiger partial charge is 0.387 e. The van der Waals surface area contributed by atoms with Gasteiger partial charge in [-0.1, -0.05) is 49.4 Å². The summed E-state index contributed by atoms with van der Waals surface area (Å²) in [4.78, 5) is 9.09. The fraction of sp³-hybridized carbons (Fsp3) is 0.222. The highest BCUT2D eigenvalue weighted by atomic mass is 15.3. The molecule has 0 radical (unpaired) electrons. The number of nitrogens with one attached hydrogen (secondary N) is 1. The van der Waals surface area contributed by atoms with Crippen LogP contribution in [0, 0.1) is 0 Å². The molecule has 0 aliphatic carbocycles. The molecule has 4 aromatic rings. The van der Waals surface area contributed by atoms with E-state index in [0.717, 1.165) is 59.3 Å². The highest BCUT2D eigenvalue weighted by molar-refractivity contribution is 5.97. The average Bonchev–Trinajstić information content (AvgIpc) is 3.27. The zero-order chi connectivity index (χ0) is 22.2. The molecule has 1 aromatic carbocycles. The summed E-state index contributed by atoms with van der Waals surface area (Å²) in [5.41, 5.74) is 6.19. The van der Waals surface area contributed by atoms with Crippen molar-refractivity contribution in [3.05, 3.63) is 91.0 Å². The maximum atomic E-state index is 4.92. The van der Waals surface area contributed by atoms with Crippen molar-refractivity contribution < 1.29 is 0 Å². The second kappa shape index (κ2) is 10.5. The Morgan fingerprint density at radius 1 is 1.00 bits per heavy atom. The smallest absolute Gasteiger partial charge is 0.119 e. The van der Waals surface area contributed by atoms with Crippen molar-refractivity contribution in [2.45, 2.75) is 33.2 Å². The lowest BCUT2D eigenvalue weighted by molar-refractivity contribution is 0.581. The first kappa shape index (κ1) is 21.5. The van der Waals surface area contributed by atoms with Gasteiger partial charge in [-0.2, -0.15) is 5.10 Å². The average molecular weight is 424 g/mol. The predicted molar refractivity (Wildman–Crippen MR) is 132 cm³/mol. The summed E-state index contributed by atoms with van der Waals surface area (Å²) < 4.78 is 2.01. The fourth-order valence-corrected chi connectivity index (χ4v) is 3.77. The molecular weight excluding hydrogens is 394 g/mol. The molecule has 5 nitrogen and oxygen atoms in total. The molecule has 0 aliphatic rings. The maximum Gasteiger partial charge on any atom is 0.119 e. The van der Waals surface area contributed by atoms with Crippen LogP contribution in [0.1, 0.15) is 26.7 Å². The van der Waals surface area contributed by atoms with Crippen molar-refractivity contribution >= 4 is 10.9 Å². The van der Waals surface area contributed by atoms with Gasteiger partial charge in [-0.15, -0.1) is 0 Å². The van der Waals surface area contributed by atoms with Crippen molar-refractivity contribution in [2.24, 2.45) is 0 Å². The van der Waals surface area contributed by atoms with E-state index in [-0.39, 0.29) is 0 Å². The molecule has 0 atom stereocenters. The summed E-state index contributed by atoms with van der Waals surface area (Å²) in [6.45, 7) is 5.81. The number of allylic oxidation sites excluding steroid dienone is 4. The lowest BCUT2D eigenvalue weighted by Crippen LogP contribution is -2.19. The van der Waals surface area contributed by atoms with E-state index >= 15 is 0 Å². The Hall–Kier alpha value is -3.73. The molecule has 0 unspecified atom stereocenters. The Labute approximate surface area is 189 Å². The molecule has 32 heavy (non-hydrogen) atoms. The minimum Gasteiger partial charge on any atom is -0.387 e. The van der Waals surface area contributed by atoms with Crippen LogP contribution in [0.4, 0.5) is 0 Å². The van der Waals surface area contributed by atoms with Gasteiger partial charge in [0.15, 0.2) is 0 Å². The van der Waals surface area contributed by atoms with Crippen LogP contribution in [0.3, 0.4) is 0 Å². The first-order valence-corrected chi connectivity index (χ1v) is 11.2. The van der Waals surface area contributed by atoms with Gasteiger partial charge in [0, 0.05) is 41.8 Å². The Morgan fingerprint density at radius 2 is 1.88 bits per heavy atom. The summed E-state index contributed by atoms with van der Waals surface area (Å²) in [5, 5.41) is 9.60. The Kier molecular flexibility index (Phi) is 7.08. The number of pyridine rings is 2. The van der Waals surface area contributed by atoms with Crippen molar-refractivity contribution in [3.8, 4) is 22.5 Å². The molecule has 1 N–H and O–H groups in total. The lowest BCUT2D eigenvalue weighted by Gasteiger charge is -2.09. The number of rotatable bonds is 9. The Morgan fingerprint density at radius 3 is 2.69 bits per heavy atom. The van der Waals surface area contributed by atoms with E-state index in [1.54, 1.807) is 0 Å². The van der Waals surface area contributed by atoms with E-state index in [1.165, 1.54) is 5.70 Å². The summed E-state index contributed by atoms with van der Waals surface area (Å²) in [7, 11) is 0. The van der Waals surface area contributed by atoms with E-state index < -0.39 is 0 Å². The normalized spacial score (nSPS) is 12.0. The standard InChI is InChI=1S/C27H29N5/c1-3-5-6-11-21(4-2)28-18-19-32-20-24(27(31-32)26-14-9-10-16-29-26)22-15-17-30-25-13-8-7-12-23(22)25/h3,5,7-17,20,28H,4,6,18-19H2,1-2H3/b5-3-,21-11+. The molecule has 3 heterocycles. The predicted octanol–water partition coefficient (Wildman–Crippen LogP) is 6.01. The molecule has 0 saturated heterocycles. The van der Waals surface area contributed by atoms with Crippen LogP contribution in [-0.4, -0.2) is 26.3 Å². The zero-order valence-electron chi connectivity index (χ0n) is 18.7. The second-order valence-electron chi connectivity index (χ2n) is 7.56. The van der Waals surface area contributed by atoms with Crippen LogP contribution in [0.2, 0.25) is 0 Å². The first-order valence-electron chi connectivity index (χ1n) is 11.2. The molecule has 0 fully saturated rings. The van der Waals surface area contributed by atoms with E-state index in [2.05, 4.69) is 64.8 Å². The molecule has 0 amide bonds. The minimum atomic E-state index is 0.768. The molecule has 0 saturated carbocycles. The highest BCUT2D eigenvalue weighted by Gasteiger charge is 2.16. The minimum absolute atomic E-state index is 0.768. The highest BCUT2D eigenvalue weighted by Crippen LogP contribution is 2.34. The number of benzene rings is 1. The van der Waals surface area contributed by atoms with E-state index in [0.29, 0.717) is 0 Å². The molecule has 3 aromatic heterocycles. The van der Waals surface area contributed by atoms with Crippen molar-refractivity contribution in [1.82, 2.24) is 25.1 Å². The molecule has 4 rings (SSSR count). The number of para-hydroxylation sites is 1. The van der Waals surface area contributed by atoms with E-state index in [1.807, 2.05) is 54.3 Å².